The van der Waals surface area contributed by atoms with Gasteiger partial charge in [-0.1, -0.05) is 0 Å². The minimum Gasteiger partial charge on any atom is -0.380 e. The molecule has 1 aliphatic heterocycles. The first-order valence-electron chi connectivity index (χ1n) is 6.37. The lowest BCUT2D eigenvalue weighted by Crippen LogP contribution is -2.43. The molecule has 2 N–H and O–H groups in total. The number of hydrogen-bond acceptors (Lipinski definition) is 3. The Morgan fingerprint density at radius 3 is 2.93 bits per heavy atom. The van der Waals surface area contributed by atoms with E-state index in [1.807, 2.05) is 7.11 Å². The van der Waals surface area contributed by atoms with Crippen molar-refractivity contribution in [3.05, 3.63) is 0 Å². The highest BCUT2D eigenvalue weighted by atomic mass is 16.5. The van der Waals surface area contributed by atoms with Gasteiger partial charge >= 0.3 is 0 Å². The van der Waals surface area contributed by atoms with E-state index in [1.54, 1.807) is 0 Å². The van der Waals surface area contributed by atoms with Gasteiger partial charge in [0.2, 0.25) is 0 Å². The van der Waals surface area contributed by atoms with Crippen LogP contribution >= 0.6 is 0 Å². The summed E-state index contributed by atoms with van der Waals surface area (Å²) >= 11 is 0. The smallest absolute Gasteiger partial charge is 0.0724 e. The highest BCUT2D eigenvalue weighted by molar-refractivity contribution is 4.85. The van der Waals surface area contributed by atoms with Crippen molar-refractivity contribution in [1.82, 2.24) is 10.6 Å². The van der Waals surface area contributed by atoms with Crippen LogP contribution in [0.4, 0.5) is 0 Å². The van der Waals surface area contributed by atoms with Gasteiger partial charge in [0.1, 0.15) is 0 Å². The van der Waals surface area contributed by atoms with Gasteiger partial charge in [0, 0.05) is 13.2 Å². The summed E-state index contributed by atoms with van der Waals surface area (Å²) in [6.45, 7) is 3.57. The van der Waals surface area contributed by atoms with Crippen molar-refractivity contribution in [3.63, 3.8) is 0 Å². The third kappa shape index (κ3) is 3.16. The van der Waals surface area contributed by atoms with Crippen molar-refractivity contribution < 1.29 is 4.74 Å². The summed E-state index contributed by atoms with van der Waals surface area (Å²) in [5, 5.41) is 7.15. The highest BCUT2D eigenvalue weighted by Crippen LogP contribution is 2.22. The zero-order chi connectivity index (χ0) is 10.5. The minimum absolute atomic E-state index is 0.460. The van der Waals surface area contributed by atoms with Crippen LogP contribution in [0.1, 0.15) is 32.1 Å². The Hall–Kier alpha value is -0.120. The second-order valence-electron chi connectivity index (χ2n) is 4.93. The fourth-order valence-corrected chi connectivity index (χ4v) is 2.86. The molecule has 0 aromatic rings. The lowest BCUT2D eigenvalue weighted by Gasteiger charge is -2.26. The van der Waals surface area contributed by atoms with Gasteiger partial charge in [-0.3, -0.25) is 0 Å². The first-order valence-corrected chi connectivity index (χ1v) is 6.37. The Morgan fingerprint density at radius 2 is 2.20 bits per heavy atom. The maximum atomic E-state index is 5.49. The van der Waals surface area contributed by atoms with E-state index in [2.05, 4.69) is 10.6 Å². The largest absolute Gasteiger partial charge is 0.380 e. The number of piperidine rings is 1. The summed E-state index contributed by atoms with van der Waals surface area (Å²) in [6.07, 6.45) is 7.02. The zero-order valence-corrected chi connectivity index (χ0v) is 9.80. The van der Waals surface area contributed by atoms with Crippen LogP contribution in [0.15, 0.2) is 0 Å². The normalized spacial score (nSPS) is 37.0. The molecule has 0 bridgehead atoms. The molecule has 1 saturated heterocycles. The van der Waals surface area contributed by atoms with Gasteiger partial charge in [0.15, 0.2) is 0 Å². The molecule has 1 aliphatic carbocycles. The van der Waals surface area contributed by atoms with Crippen molar-refractivity contribution in [2.75, 3.05) is 26.7 Å². The number of ether oxygens (including phenoxy) is 1. The van der Waals surface area contributed by atoms with Crippen LogP contribution in [-0.2, 0) is 4.74 Å². The Morgan fingerprint density at radius 1 is 1.27 bits per heavy atom. The molecule has 1 heterocycles. The topological polar surface area (TPSA) is 33.3 Å². The fraction of sp³-hybridized carbons (Fsp3) is 1.00. The van der Waals surface area contributed by atoms with Crippen LogP contribution < -0.4 is 10.6 Å². The number of hydrogen-bond donors (Lipinski definition) is 2. The molecule has 3 heteroatoms. The van der Waals surface area contributed by atoms with Crippen LogP contribution in [0.5, 0.6) is 0 Å². The molecule has 2 rings (SSSR count). The molecule has 15 heavy (non-hydrogen) atoms. The van der Waals surface area contributed by atoms with Gasteiger partial charge in [-0.2, -0.15) is 0 Å². The molecule has 0 aromatic carbocycles. The van der Waals surface area contributed by atoms with E-state index in [4.69, 9.17) is 4.74 Å². The van der Waals surface area contributed by atoms with E-state index in [1.165, 1.54) is 45.2 Å². The Labute approximate surface area is 93.0 Å². The fourth-order valence-electron chi connectivity index (χ4n) is 2.86. The monoisotopic (exact) mass is 212 g/mol. The van der Waals surface area contributed by atoms with E-state index >= 15 is 0 Å². The average Bonchev–Trinajstić information content (AvgIpc) is 2.75. The Bertz CT molecular complexity index is 180. The zero-order valence-electron chi connectivity index (χ0n) is 9.80. The number of rotatable bonds is 4. The summed E-state index contributed by atoms with van der Waals surface area (Å²) in [5.41, 5.74) is 0. The van der Waals surface area contributed by atoms with Crippen molar-refractivity contribution in [1.29, 1.82) is 0 Å². The molecule has 88 valence electrons. The number of methoxy groups -OCH3 is 1. The quantitative estimate of drug-likeness (QED) is 0.733. The van der Waals surface area contributed by atoms with Crippen molar-refractivity contribution in [2.45, 2.75) is 44.2 Å². The maximum Gasteiger partial charge on any atom is 0.0724 e. The summed E-state index contributed by atoms with van der Waals surface area (Å²) in [6, 6.07) is 0.608. The molecule has 2 fully saturated rings. The maximum absolute atomic E-state index is 5.49. The lowest BCUT2D eigenvalue weighted by atomic mass is 9.99. The van der Waals surface area contributed by atoms with Gasteiger partial charge in [0.05, 0.1) is 6.10 Å². The van der Waals surface area contributed by atoms with E-state index in [-0.39, 0.29) is 0 Å². The first-order chi connectivity index (χ1) is 7.40. The molecule has 0 aromatic heterocycles. The summed E-state index contributed by atoms with van der Waals surface area (Å²) in [4.78, 5) is 0. The predicted molar refractivity (Wildman–Crippen MR) is 62.0 cm³/mol. The van der Waals surface area contributed by atoms with Gasteiger partial charge in [-0.05, 0) is 57.7 Å². The molecule has 0 amide bonds. The SMILES string of the molecule is COC1CCCC1NCC1CCCNC1. The van der Waals surface area contributed by atoms with Gasteiger partial charge in [0.25, 0.3) is 0 Å². The Balaban J connectivity index is 1.67. The van der Waals surface area contributed by atoms with E-state index in [0.29, 0.717) is 12.1 Å². The standard InChI is InChI=1S/C12H24N2O/c1-15-12-6-2-5-11(12)14-9-10-4-3-7-13-8-10/h10-14H,2-9H2,1H3. The molecule has 0 spiro atoms. The average molecular weight is 212 g/mol. The third-order valence-corrected chi connectivity index (χ3v) is 3.82. The van der Waals surface area contributed by atoms with Crippen molar-refractivity contribution in [2.24, 2.45) is 5.92 Å². The highest BCUT2D eigenvalue weighted by Gasteiger charge is 2.27. The van der Waals surface area contributed by atoms with Gasteiger partial charge in [-0.15, -0.1) is 0 Å². The lowest BCUT2D eigenvalue weighted by molar-refractivity contribution is 0.0833. The van der Waals surface area contributed by atoms with Crippen molar-refractivity contribution in [3.8, 4) is 0 Å². The van der Waals surface area contributed by atoms with Gasteiger partial charge in [-0.25, -0.2) is 0 Å². The molecule has 0 radical (unpaired) electrons. The molecule has 3 nitrogen and oxygen atoms in total. The van der Waals surface area contributed by atoms with Crippen LogP contribution in [-0.4, -0.2) is 38.9 Å². The van der Waals surface area contributed by atoms with E-state index in [0.717, 1.165) is 12.5 Å². The Kier molecular flexibility index (Phi) is 4.42. The van der Waals surface area contributed by atoms with Crippen LogP contribution in [0.3, 0.4) is 0 Å². The minimum atomic E-state index is 0.460. The predicted octanol–water partition coefficient (Wildman–Crippen LogP) is 1.14. The summed E-state index contributed by atoms with van der Waals surface area (Å²) in [5.74, 6) is 0.830. The van der Waals surface area contributed by atoms with Crippen LogP contribution in [0.2, 0.25) is 0 Å². The molecular formula is C12H24N2O. The molecule has 2 aliphatic rings. The molecule has 1 saturated carbocycles. The van der Waals surface area contributed by atoms with Crippen LogP contribution in [0, 0.1) is 5.92 Å². The van der Waals surface area contributed by atoms with E-state index in [9.17, 15) is 0 Å². The second kappa shape index (κ2) is 5.83. The van der Waals surface area contributed by atoms with E-state index < -0.39 is 0 Å². The second-order valence-corrected chi connectivity index (χ2v) is 4.93. The van der Waals surface area contributed by atoms with Crippen LogP contribution in [0.25, 0.3) is 0 Å². The molecular weight excluding hydrogens is 188 g/mol. The molecule has 3 unspecified atom stereocenters. The van der Waals surface area contributed by atoms with Gasteiger partial charge < -0.3 is 15.4 Å². The third-order valence-electron chi connectivity index (χ3n) is 3.82. The van der Waals surface area contributed by atoms with Crippen molar-refractivity contribution >= 4 is 0 Å². The summed E-state index contributed by atoms with van der Waals surface area (Å²) < 4.78 is 5.49. The number of nitrogens with one attached hydrogen (secondary N) is 2. The summed E-state index contributed by atoms with van der Waals surface area (Å²) in [7, 11) is 1.84. The molecule has 3 atom stereocenters. The first kappa shape index (κ1) is 11.4.